The number of ketones is 3. The molecule has 0 unspecified atom stereocenters. The van der Waals surface area contributed by atoms with Crippen molar-refractivity contribution in [3.63, 3.8) is 0 Å². The zero-order valence-electron chi connectivity index (χ0n) is 21.8. The fourth-order valence-electron chi connectivity index (χ4n) is 4.84. The van der Waals surface area contributed by atoms with Gasteiger partial charge in [-0.25, -0.2) is 4.39 Å². The summed E-state index contributed by atoms with van der Waals surface area (Å²) in [6.07, 6.45) is 2.28. The minimum Gasteiger partial charge on any atom is -0.386 e. The van der Waals surface area contributed by atoms with Crippen molar-refractivity contribution >= 4 is 39.2 Å². The van der Waals surface area contributed by atoms with Crippen LogP contribution in [0, 0.1) is 17.8 Å². The zero-order chi connectivity index (χ0) is 27.5. The number of hydrogen-bond acceptors (Lipinski definition) is 6. The summed E-state index contributed by atoms with van der Waals surface area (Å²) in [6, 6.07) is 6.87. The van der Waals surface area contributed by atoms with Crippen molar-refractivity contribution in [2.75, 3.05) is 19.8 Å². The van der Waals surface area contributed by atoms with Crippen molar-refractivity contribution in [2.45, 2.75) is 64.8 Å². The standard InChI is InChI=1S/C28H39BrFN3O4/c1-18(2)24(16-23(34)14-20-7-4-9-22(29)13-20)28(37)33-12-6-10-25(33)26(35)15-21(27(36)17-30)8-5-11-32-19(3)31/h4,7,9,13,18,21,24-25,32H,3,5-6,8,10-12,14-17,31H2,1-2H3/t21-,24+,25+/m1/s1. The summed E-state index contributed by atoms with van der Waals surface area (Å²) in [4.78, 5) is 53.4. The molecule has 1 aliphatic rings. The number of likely N-dealkylation sites (tertiary alicyclic amines) is 1. The van der Waals surface area contributed by atoms with Gasteiger partial charge in [0.05, 0.1) is 11.9 Å². The number of Topliss-reactive ketones (excluding diaryl/α,β-unsaturated/α-hetero) is 3. The third kappa shape index (κ3) is 9.68. The molecule has 204 valence electrons. The predicted molar refractivity (Wildman–Crippen MR) is 145 cm³/mol. The molecule has 2 rings (SSSR count). The maximum Gasteiger partial charge on any atom is 0.226 e. The number of carbonyl (C=O) groups excluding carboxylic acids is 4. The van der Waals surface area contributed by atoms with Gasteiger partial charge in [-0.2, -0.15) is 0 Å². The molecule has 3 atom stereocenters. The van der Waals surface area contributed by atoms with E-state index in [1.807, 2.05) is 38.1 Å². The van der Waals surface area contributed by atoms with Gasteiger partial charge >= 0.3 is 0 Å². The van der Waals surface area contributed by atoms with E-state index < -0.39 is 30.3 Å². The Balaban J connectivity index is 2.05. The Morgan fingerprint density at radius 2 is 1.97 bits per heavy atom. The van der Waals surface area contributed by atoms with Crippen LogP contribution in [0.1, 0.15) is 57.9 Å². The number of benzene rings is 1. The van der Waals surface area contributed by atoms with Crippen molar-refractivity contribution in [3.05, 3.63) is 46.7 Å². The number of nitrogens with zero attached hydrogens (tertiary/aromatic N) is 1. The van der Waals surface area contributed by atoms with Crippen LogP contribution >= 0.6 is 15.9 Å². The summed E-state index contributed by atoms with van der Waals surface area (Å²) in [6.45, 7) is 7.13. The molecule has 9 heteroatoms. The van der Waals surface area contributed by atoms with Crippen LogP contribution in [0.4, 0.5) is 4.39 Å². The van der Waals surface area contributed by atoms with Crippen LogP contribution in [0.5, 0.6) is 0 Å². The molecule has 1 heterocycles. The third-order valence-electron chi connectivity index (χ3n) is 6.88. The Kier molecular flexibility index (Phi) is 12.4. The highest BCUT2D eigenvalue weighted by molar-refractivity contribution is 9.10. The smallest absolute Gasteiger partial charge is 0.226 e. The SMILES string of the molecule is C=C(N)NCCC[C@H](CC(=O)[C@@H]1CCCN1C(=O)[C@@H](CC(=O)Cc1cccc(Br)c1)C(C)C)C(=O)CF. The number of nitrogens with one attached hydrogen (secondary N) is 1. The van der Waals surface area contributed by atoms with Gasteiger partial charge in [0.15, 0.2) is 11.6 Å². The normalized spacial score (nSPS) is 16.9. The van der Waals surface area contributed by atoms with Crippen molar-refractivity contribution in [3.8, 4) is 0 Å². The Labute approximate surface area is 227 Å². The first-order chi connectivity index (χ1) is 17.5. The van der Waals surface area contributed by atoms with Gasteiger partial charge in [0.1, 0.15) is 12.5 Å². The van der Waals surface area contributed by atoms with Gasteiger partial charge in [0.2, 0.25) is 5.91 Å². The second-order valence-electron chi connectivity index (χ2n) is 10.2. The first-order valence-corrected chi connectivity index (χ1v) is 13.7. The zero-order valence-corrected chi connectivity index (χ0v) is 23.4. The van der Waals surface area contributed by atoms with Crippen LogP contribution in [0.25, 0.3) is 0 Å². The van der Waals surface area contributed by atoms with Crippen LogP contribution in [0.3, 0.4) is 0 Å². The molecule has 0 bridgehead atoms. The molecular formula is C28H39BrFN3O4. The van der Waals surface area contributed by atoms with E-state index in [-0.39, 0.29) is 42.7 Å². The summed E-state index contributed by atoms with van der Waals surface area (Å²) in [5.74, 6) is -2.12. The summed E-state index contributed by atoms with van der Waals surface area (Å²) >= 11 is 3.41. The van der Waals surface area contributed by atoms with Gasteiger partial charge in [-0.1, -0.05) is 48.5 Å². The highest BCUT2D eigenvalue weighted by Crippen LogP contribution is 2.28. The van der Waals surface area contributed by atoms with Crippen molar-refractivity contribution < 1.29 is 23.6 Å². The van der Waals surface area contributed by atoms with Gasteiger partial charge in [0, 0.05) is 48.7 Å². The van der Waals surface area contributed by atoms with E-state index in [0.29, 0.717) is 44.6 Å². The molecule has 1 aromatic rings. The molecule has 1 fully saturated rings. The first-order valence-electron chi connectivity index (χ1n) is 12.9. The minimum absolute atomic E-state index is 0.0328. The Hall–Kier alpha value is -2.55. The molecule has 7 nitrogen and oxygen atoms in total. The molecule has 0 spiro atoms. The minimum atomic E-state index is -1.13. The van der Waals surface area contributed by atoms with Gasteiger partial charge in [-0.05, 0) is 49.3 Å². The number of carbonyl (C=O) groups is 4. The topological polar surface area (TPSA) is 110 Å². The van der Waals surface area contributed by atoms with Gasteiger partial charge < -0.3 is 16.0 Å². The molecule has 1 saturated heterocycles. The van der Waals surface area contributed by atoms with Crippen LogP contribution in [-0.4, -0.2) is 54.0 Å². The number of amides is 1. The van der Waals surface area contributed by atoms with Gasteiger partial charge in [-0.15, -0.1) is 0 Å². The lowest BCUT2D eigenvalue weighted by Crippen LogP contribution is -2.46. The van der Waals surface area contributed by atoms with E-state index in [1.54, 1.807) is 4.90 Å². The molecule has 3 N–H and O–H groups in total. The summed E-state index contributed by atoms with van der Waals surface area (Å²) in [5, 5.41) is 2.86. The number of alkyl halides is 1. The number of rotatable bonds is 16. The number of nitrogens with two attached hydrogens (primary N) is 1. The Morgan fingerprint density at radius 3 is 2.59 bits per heavy atom. The van der Waals surface area contributed by atoms with E-state index in [0.717, 1.165) is 10.0 Å². The summed E-state index contributed by atoms with van der Waals surface area (Å²) in [7, 11) is 0. The van der Waals surface area contributed by atoms with Crippen LogP contribution in [0.15, 0.2) is 41.1 Å². The average Bonchev–Trinajstić information content (AvgIpc) is 3.33. The highest BCUT2D eigenvalue weighted by atomic mass is 79.9. The maximum atomic E-state index is 13.6. The highest BCUT2D eigenvalue weighted by Gasteiger charge is 2.39. The average molecular weight is 581 g/mol. The van der Waals surface area contributed by atoms with Crippen molar-refractivity contribution in [1.29, 1.82) is 0 Å². The number of halogens is 2. The number of hydrogen-bond donors (Lipinski definition) is 2. The van der Waals surface area contributed by atoms with Crippen molar-refractivity contribution in [2.24, 2.45) is 23.5 Å². The van der Waals surface area contributed by atoms with Crippen LogP contribution in [-0.2, 0) is 25.6 Å². The summed E-state index contributed by atoms with van der Waals surface area (Å²) < 4.78 is 14.1. The Morgan fingerprint density at radius 1 is 1.24 bits per heavy atom. The van der Waals surface area contributed by atoms with E-state index in [1.165, 1.54) is 0 Å². The predicted octanol–water partition coefficient (Wildman–Crippen LogP) is 4.13. The van der Waals surface area contributed by atoms with Crippen LogP contribution in [0.2, 0.25) is 0 Å². The van der Waals surface area contributed by atoms with Crippen LogP contribution < -0.4 is 11.1 Å². The lowest BCUT2D eigenvalue weighted by Gasteiger charge is -2.30. The monoisotopic (exact) mass is 579 g/mol. The maximum absolute atomic E-state index is 13.6. The lowest BCUT2D eigenvalue weighted by atomic mass is 9.87. The summed E-state index contributed by atoms with van der Waals surface area (Å²) in [5.41, 5.74) is 6.35. The fraction of sp³-hybridized carbons (Fsp3) is 0.571. The largest absolute Gasteiger partial charge is 0.386 e. The molecule has 1 amide bonds. The lowest BCUT2D eigenvalue weighted by molar-refractivity contribution is -0.144. The molecule has 0 aromatic heterocycles. The van der Waals surface area contributed by atoms with Gasteiger partial charge in [0.25, 0.3) is 0 Å². The van der Waals surface area contributed by atoms with E-state index in [4.69, 9.17) is 5.73 Å². The molecule has 1 aliphatic heterocycles. The molecule has 0 radical (unpaired) electrons. The molecule has 0 aliphatic carbocycles. The van der Waals surface area contributed by atoms with Crippen molar-refractivity contribution in [1.82, 2.24) is 10.2 Å². The second kappa shape index (κ2) is 15.0. The molecule has 0 saturated carbocycles. The fourth-order valence-corrected chi connectivity index (χ4v) is 5.29. The van der Waals surface area contributed by atoms with Gasteiger partial charge in [-0.3, -0.25) is 19.2 Å². The third-order valence-corrected chi connectivity index (χ3v) is 7.38. The second-order valence-corrected chi connectivity index (χ2v) is 11.1. The van der Waals surface area contributed by atoms with E-state index >= 15 is 0 Å². The first kappa shape index (κ1) is 30.7. The quantitative estimate of drug-likeness (QED) is 0.285. The van der Waals surface area contributed by atoms with E-state index in [9.17, 15) is 23.6 Å². The molecule has 1 aromatic carbocycles. The molecular weight excluding hydrogens is 541 g/mol. The molecule has 37 heavy (non-hydrogen) atoms. The van der Waals surface area contributed by atoms with E-state index in [2.05, 4.69) is 27.8 Å². The Bertz CT molecular complexity index is 984.